The van der Waals surface area contributed by atoms with Crippen LogP contribution in [0.1, 0.15) is 36.5 Å². The molecule has 1 aliphatic heterocycles. The van der Waals surface area contributed by atoms with Crippen LogP contribution in [0.4, 0.5) is 4.39 Å². The van der Waals surface area contributed by atoms with Gasteiger partial charge < -0.3 is 10.6 Å². The average Bonchev–Trinajstić information content (AvgIpc) is 2.99. The van der Waals surface area contributed by atoms with Gasteiger partial charge in [0.25, 0.3) is 0 Å². The first-order chi connectivity index (χ1) is 10.6. The van der Waals surface area contributed by atoms with E-state index in [4.69, 9.17) is 0 Å². The third kappa shape index (κ3) is 4.91. The zero-order chi connectivity index (χ0) is 15.9. The van der Waals surface area contributed by atoms with Gasteiger partial charge in [-0.2, -0.15) is 0 Å². The molecule has 0 aromatic heterocycles. The number of carbonyl (C=O) groups is 2. The lowest BCUT2D eigenvalue weighted by Crippen LogP contribution is -2.29. The minimum Gasteiger partial charge on any atom is -0.356 e. The first-order valence-electron chi connectivity index (χ1n) is 7.83. The van der Waals surface area contributed by atoms with Crippen LogP contribution in [0.3, 0.4) is 0 Å². The number of amides is 1. The van der Waals surface area contributed by atoms with Gasteiger partial charge in [-0.25, -0.2) is 4.39 Å². The van der Waals surface area contributed by atoms with E-state index in [-0.39, 0.29) is 18.1 Å². The zero-order valence-corrected chi connectivity index (χ0v) is 12.9. The van der Waals surface area contributed by atoms with Crippen LogP contribution in [-0.4, -0.2) is 31.3 Å². The van der Waals surface area contributed by atoms with Crippen LogP contribution in [0.2, 0.25) is 0 Å². The highest BCUT2D eigenvalue weighted by Gasteiger charge is 2.19. The zero-order valence-electron chi connectivity index (χ0n) is 12.9. The molecule has 0 bridgehead atoms. The number of nitrogens with one attached hydrogen (secondary N) is 2. The van der Waals surface area contributed by atoms with E-state index in [9.17, 15) is 14.0 Å². The fourth-order valence-corrected chi connectivity index (χ4v) is 2.75. The summed E-state index contributed by atoms with van der Waals surface area (Å²) in [5.41, 5.74) is 0.317. The number of benzene rings is 1. The first-order valence-corrected chi connectivity index (χ1v) is 7.83. The van der Waals surface area contributed by atoms with Crippen molar-refractivity contribution < 1.29 is 14.0 Å². The molecule has 2 unspecified atom stereocenters. The number of hydrogen-bond donors (Lipinski definition) is 2. The van der Waals surface area contributed by atoms with Crippen LogP contribution in [-0.2, 0) is 4.79 Å². The molecule has 22 heavy (non-hydrogen) atoms. The standard InChI is InChI=1S/C17H23FN2O2/c1-12(17(22)14-3-2-4-15(18)10-14)9-16(21)20-8-6-13-5-7-19-11-13/h2-4,10,12-13,19H,5-9,11H2,1H3,(H,20,21). The Morgan fingerprint density at radius 1 is 1.45 bits per heavy atom. The van der Waals surface area contributed by atoms with Crippen LogP contribution in [0.25, 0.3) is 0 Å². The molecule has 1 aliphatic rings. The van der Waals surface area contributed by atoms with Gasteiger partial charge >= 0.3 is 0 Å². The predicted octanol–water partition coefficient (Wildman–Crippen LogP) is 2.15. The molecule has 2 atom stereocenters. The molecule has 1 saturated heterocycles. The van der Waals surface area contributed by atoms with E-state index in [0.717, 1.165) is 25.9 Å². The maximum absolute atomic E-state index is 13.1. The quantitative estimate of drug-likeness (QED) is 0.759. The lowest BCUT2D eigenvalue weighted by atomic mass is 9.96. The summed E-state index contributed by atoms with van der Waals surface area (Å²) in [5, 5.41) is 6.16. The van der Waals surface area contributed by atoms with Crippen LogP contribution in [0.5, 0.6) is 0 Å². The third-order valence-electron chi connectivity index (χ3n) is 4.09. The Morgan fingerprint density at radius 2 is 2.27 bits per heavy atom. The average molecular weight is 306 g/mol. The van der Waals surface area contributed by atoms with Gasteiger partial charge in [0, 0.05) is 24.4 Å². The second kappa shape index (κ2) is 8.03. The van der Waals surface area contributed by atoms with Crippen molar-refractivity contribution in [2.45, 2.75) is 26.2 Å². The van der Waals surface area contributed by atoms with Gasteiger partial charge in [0.2, 0.25) is 5.91 Å². The molecule has 1 aromatic carbocycles. The third-order valence-corrected chi connectivity index (χ3v) is 4.09. The number of ketones is 1. The van der Waals surface area contributed by atoms with Crippen molar-refractivity contribution in [1.82, 2.24) is 10.6 Å². The van der Waals surface area contributed by atoms with Gasteiger partial charge in [0.15, 0.2) is 5.78 Å². The first kappa shape index (κ1) is 16.6. The molecule has 0 radical (unpaired) electrons. The number of halogens is 1. The van der Waals surface area contributed by atoms with Gasteiger partial charge in [0.1, 0.15) is 5.82 Å². The Hall–Kier alpha value is -1.75. The highest BCUT2D eigenvalue weighted by Crippen LogP contribution is 2.14. The van der Waals surface area contributed by atoms with Gasteiger partial charge in [-0.05, 0) is 44.0 Å². The molecule has 1 heterocycles. The SMILES string of the molecule is CC(CC(=O)NCCC1CCNC1)C(=O)c1cccc(F)c1. The molecule has 0 aliphatic carbocycles. The second-order valence-corrected chi connectivity index (χ2v) is 5.98. The Bertz CT molecular complexity index is 527. The molecule has 5 heteroatoms. The highest BCUT2D eigenvalue weighted by molar-refractivity contribution is 5.99. The van der Waals surface area contributed by atoms with Crippen molar-refractivity contribution in [3.8, 4) is 0 Å². The van der Waals surface area contributed by atoms with Crippen molar-refractivity contribution in [3.05, 3.63) is 35.6 Å². The fraction of sp³-hybridized carbons (Fsp3) is 0.529. The van der Waals surface area contributed by atoms with E-state index >= 15 is 0 Å². The van der Waals surface area contributed by atoms with Crippen molar-refractivity contribution in [3.63, 3.8) is 0 Å². The second-order valence-electron chi connectivity index (χ2n) is 5.98. The number of carbonyl (C=O) groups excluding carboxylic acids is 2. The summed E-state index contributed by atoms with van der Waals surface area (Å²) in [5.74, 6) is -0.577. The van der Waals surface area contributed by atoms with Crippen molar-refractivity contribution in [2.75, 3.05) is 19.6 Å². The summed E-state index contributed by atoms with van der Waals surface area (Å²) < 4.78 is 13.1. The van der Waals surface area contributed by atoms with E-state index < -0.39 is 11.7 Å². The molecule has 1 fully saturated rings. The summed E-state index contributed by atoms with van der Waals surface area (Å²) in [7, 11) is 0. The Labute approximate surface area is 130 Å². The lowest BCUT2D eigenvalue weighted by Gasteiger charge is -2.12. The predicted molar refractivity (Wildman–Crippen MR) is 83.1 cm³/mol. The monoisotopic (exact) mass is 306 g/mol. The Kier molecular flexibility index (Phi) is 6.07. The topological polar surface area (TPSA) is 58.2 Å². The smallest absolute Gasteiger partial charge is 0.220 e. The summed E-state index contributed by atoms with van der Waals surface area (Å²) in [6.45, 7) is 4.42. The normalized spacial score (nSPS) is 18.9. The molecule has 120 valence electrons. The van der Waals surface area contributed by atoms with Crippen molar-refractivity contribution in [1.29, 1.82) is 0 Å². The lowest BCUT2D eigenvalue weighted by molar-refractivity contribution is -0.121. The Morgan fingerprint density at radius 3 is 2.95 bits per heavy atom. The molecule has 4 nitrogen and oxygen atoms in total. The Balaban J connectivity index is 1.74. The minimum absolute atomic E-state index is 0.122. The molecule has 1 aromatic rings. The maximum atomic E-state index is 13.1. The summed E-state index contributed by atoms with van der Waals surface area (Å²) in [6.07, 6.45) is 2.26. The molecule has 0 saturated carbocycles. The molecule has 2 N–H and O–H groups in total. The van der Waals surface area contributed by atoms with Gasteiger partial charge in [0.05, 0.1) is 0 Å². The van der Waals surface area contributed by atoms with Gasteiger partial charge in [-0.3, -0.25) is 9.59 Å². The van der Waals surface area contributed by atoms with Crippen LogP contribution >= 0.6 is 0 Å². The van der Waals surface area contributed by atoms with Gasteiger partial charge in [-0.15, -0.1) is 0 Å². The van der Waals surface area contributed by atoms with E-state index in [1.807, 2.05) is 0 Å². The summed E-state index contributed by atoms with van der Waals surface area (Å²) in [4.78, 5) is 24.0. The van der Waals surface area contributed by atoms with Crippen LogP contribution in [0.15, 0.2) is 24.3 Å². The van der Waals surface area contributed by atoms with Crippen molar-refractivity contribution >= 4 is 11.7 Å². The van der Waals surface area contributed by atoms with Crippen LogP contribution in [0, 0.1) is 17.7 Å². The highest BCUT2D eigenvalue weighted by atomic mass is 19.1. The largest absolute Gasteiger partial charge is 0.356 e. The molecule has 0 spiro atoms. The van der Waals surface area contributed by atoms with E-state index in [1.54, 1.807) is 13.0 Å². The minimum atomic E-state index is -0.449. The number of hydrogen-bond acceptors (Lipinski definition) is 3. The van der Waals surface area contributed by atoms with Crippen molar-refractivity contribution in [2.24, 2.45) is 11.8 Å². The molecular weight excluding hydrogens is 283 g/mol. The van der Waals surface area contributed by atoms with E-state index in [2.05, 4.69) is 10.6 Å². The van der Waals surface area contributed by atoms with Crippen LogP contribution < -0.4 is 10.6 Å². The molecule has 2 rings (SSSR count). The van der Waals surface area contributed by atoms with E-state index in [1.165, 1.54) is 18.2 Å². The summed E-state index contributed by atoms with van der Waals surface area (Å²) >= 11 is 0. The molecular formula is C17H23FN2O2. The number of rotatable bonds is 7. The summed E-state index contributed by atoms with van der Waals surface area (Å²) in [6, 6.07) is 5.59. The maximum Gasteiger partial charge on any atom is 0.220 e. The fourth-order valence-electron chi connectivity index (χ4n) is 2.75. The number of Topliss-reactive ketones (excluding diaryl/α,β-unsaturated/α-hetero) is 1. The van der Waals surface area contributed by atoms with Gasteiger partial charge in [-0.1, -0.05) is 19.1 Å². The van der Waals surface area contributed by atoms with E-state index in [0.29, 0.717) is 18.0 Å². The molecule has 1 amide bonds.